The Morgan fingerprint density at radius 1 is 0.530 bits per heavy atom. The van der Waals surface area contributed by atoms with Gasteiger partial charge in [0.1, 0.15) is 48.8 Å². The molecule has 0 aromatic rings. The molecule has 2 saturated heterocycles. The lowest BCUT2D eigenvalue weighted by Crippen LogP contribution is -2.65. The van der Waals surface area contributed by atoms with Gasteiger partial charge in [-0.05, 0) is 70.6 Å². The molecule has 0 spiro atoms. The highest BCUT2D eigenvalue weighted by Crippen LogP contribution is 2.30. The van der Waals surface area contributed by atoms with E-state index in [0.29, 0.717) is 12.8 Å². The van der Waals surface area contributed by atoms with Gasteiger partial charge in [0.05, 0.1) is 32.0 Å². The smallest absolute Gasteiger partial charge is 0.220 e. The first-order valence-corrected chi connectivity index (χ1v) is 25.9. The molecule has 12 unspecified atom stereocenters. The molecular formula is C52H93NO13. The van der Waals surface area contributed by atoms with E-state index in [1.807, 2.05) is 6.08 Å². The van der Waals surface area contributed by atoms with Gasteiger partial charge in [-0.3, -0.25) is 4.79 Å². The van der Waals surface area contributed by atoms with Crippen molar-refractivity contribution >= 4 is 5.91 Å². The number of carbonyl (C=O) groups excluding carboxylic acids is 1. The molecule has 384 valence electrons. The van der Waals surface area contributed by atoms with Gasteiger partial charge >= 0.3 is 0 Å². The lowest BCUT2D eigenvalue weighted by atomic mass is 9.97. The lowest BCUT2D eigenvalue weighted by molar-refractivity contribution is -0.359. The summed E-state index contributed by atoms with van der Waals surface area (Å²) in [6.07, 6.45) is 28.6. The predicted molar refractivity (Wildman–Crippen MR) is 258 cm³/mol. The molecule has 2 aliphatic rings. The molecule has 2 rings (SSSR count). The number of rotatable bonds is 39. The van der Waals surface area contributed by atoms with Crippen LogP contribution in [0, 0.1) is 0 Å². The molecule has 14 nitrogen and oxygen atoms in total. The Morgan fingerprint density at radius 3 is 1.50 bits per heavy atom. The first kappa shape index (κ1) is 60.1. The number of ether oxygens (including phenoxy) is 4. The van der Waals surface area contributed by atoms with Crippen molar-refractivity contribution in [2.24, 2.45) is 0 Å². The molecule has 12 atom stereocenters. The maximum atomic E-state index is 13.2. The fourth-order valence-corrected chi connectivity index (χ4v) is 8.20. The maximum Gasteiger partial charge on any atom is 0.220 e. The fourth-order valence-electron chi connectivity index (χ4n) is 8.20. The minimum absolute atomic E-state index is 0.261. The minimum atomic E-state index is -1.79. The van der Waals surface area contributed by atoms with E-state index in [4.69, 9.17) is 18.9 Å². The molecule has 0 radical (unpaired) electrons. The lowest BCUT2D eigenvalue weighted by Gasteiger charge is -2.46. The van der Waals surface area contributed by atoms with E-state index in [1.165, 1.54) is 96.3 Å². The predicted octanol–water partition coefficient (Wildman–Crippen LogP) is 6.88. The van der Waals surface area contributed by atoms with E-state index in [9.17, 15) is 45.6 Å². The van der Waals surface area contributed by atoms with Crippen LogP contribution in [0.4, 0.5) is 0 Å². The number of hydrogen-bond acceptors (Lipinski definition) is 13. The topological polar surface area (TPSA) is 228 Å². The zero-order chi connectivity index (χ0) is 48.2. The number of aliphatic hydroxyl groups is 8. The molecule has 2 fully saturated rings. The second-order valence-corrected chi connectivity index (χ2v) is 18.3. The van der Waals surface area contributed by atoms with E-state index in [0.717, 1.165) is 51.4 Å². The van der Waals surface area contributed by atoms with Gasteiger partial charge < -0.3 is 65.1 Å². The van der Waals surface area contributed by atoms with Crippen LogP contribution >= 0.6 is 0 Å². The highest BCUT2D eigenvalue weighted by Gasteiger charge is 2.51. The zero-order valence-corrected chi connectivity index (χ0v) is 40.7. The zero-order valence-electron chi connectivity index (χ0n) is 40.7. The molecule has 66 heavy (non-hydrogen) atoms. The molecule has 0 saturated carbocycles. The van der Waals surface area contributed by atoms with Crippen LogP contribution in [-0.4, -0.2) is 140 Å². The Morgan fingerprint density at radius 2 is 0.970 bits per heavy atom. The number of allylic oxidation sites excluding steroid dienone is 7. The highest BCUT2D eigenvalue weighted by molar-refractivity contribution is 5.76. The van der Waals surface area contributed by atoms with Crippen LogP contribution in [0.3, 0.4) is 0 Å². The monoisotopic (exact) mass is 940 g/mol. The van der Waals surface area contributed by atoms with Gasteiger partial charge in [-0.15, -0.1) is 0 Å². The van der Waals surface area contributed by atoms with Gasteiger partial charge in [0.25, 0.3) is 0 Å². The fraction of sp³-hybridized carbons (Fsp3) is 0.827. The maximum absolute atomic E-state index is 13.2. The van der Waals surface area contributed by atoms with Crippen molar-refractivity contribution in [1.82, 2.24) is 5.32 Å². The summed E-state index contributed by atoms with van der Waals surface area (Å²) < 4.78 is 22.7. The molecule has 0 aromatic heterocycles. The number of hydrogen-bond donors (Lipinski definition) is 9. The van der Waals surface area contributed by atoms with Crippen LogP contribution in [0.2, 0.25) is 0 Å². The molecule has 0 aromatic carbocycles. The third-order valence-electron chi connectivity index (χ3n) is 12.5. The second-order valence-electron chi connectivity index (χ2n) is 18.3. The summed E-state index contributed by atoms with van der Waals surface area (Å²) in [7, 11) is 0. The Kier molecular flexibility index (Phi) is 35.3. The molecule has 14 heteroatoms. The van der Waals surface area contributed by atoms with Crippen LogP contribution in [0.25, 0.3) is 0 Å². The Hall–Kier alpha value is -2.05. The summed E-state index contributed by atoms with van der Waals surface area (Å²) in [5.74, 6) is -0.261. The van der Waals surface area contributed by atoms with Crippen LogP contribution < -0.4 is 5.32 Å². The molecule has 9 N–H and O–H groups in total. The van der Waals surface area contributed by atoms with Crippen molar-refractivity contribution in [2.45, 2.75) is 254 Å². The molecule has 1 amide bonds. The Labute approximate surface area is 397 Å². The SMILES string of the molecule is CCCCCC/C=C/CC/C=C/CC/C=C/C(O)C(COC1OC(CO)C(OC2OC(CO)C(O)C(O)C2O)C(O)C1O)NC(=O)CCCCCCCCC/C=C\CCCCCCCCC. The number of carbonyl (C=O) groups is 1. The Balaban J connectivity index is 1.86. The van der Waals surface area contributed by atoms with Gasteiger partial charge in [-0.1, -0.05) is 152 Å². The number of amides is 1. The third kappa shape index (κ3) is 25.5. The van der Waals surface area contributed by atoms with E-state index in [1.54, 1.807) is 6.08 Å². The molecule has 0 bridgehead atoms. The Bertz CT molecular complexity index is 1290. The van der Waals surface area contributed by atoms with E-state index >= 15 is 0 Å². The quantitative estimate of drug-likeness (QED) is 0.0227. The summed E-state index contributed by atoms with van der Waals surface area (Å²) in [5.41, 5.74) is 0. The van der Waals surface area contributed by atoms with Crippen molar-refractivity contribution in [3.8, 4) is 0 Å². The van der Waals surface area contributed by atoms with E-state index in [-0.39, 0.29) is 18.9 Å². The average molecular weight is 940 g/mol. The van der Waals surface area contributed by atoms with Gasteiger partial charge in [0.15, 0.2) is 12.6 Å². The molecule has 2 aliphatic heterocycles. The average Bonchev–Trinajstić information content (AvgIpc) is 3.31. The van der Waals surface area contributed by atoms with Crippen LogP contribution in [0.15, 0.2) is 48.6 Å². The summed E-state index contributed by atoms with van der Waals surface area (Å²) in [5, 5.41) is 86.7. The van der Waals surface area contributed by atoms with Crippen molar-refractivity contribution < 1.29 is 64.6 Å². The summed E-state index contributed by atoms with van der Waals surface area (Å²) in [4.78, 5) is 13.2. The third-order valence-corrected chi connectivity index (χ3v) is 12.5. The molecular weight excluding hydrogens is 847 g/mol. The number of unbranched alkanes of at least 4 members (excludes halogenated alkanes) is 20. The molecule has 0 aliphatic carbocycles. The van der Waals surface area contributed by atoms with Crippen molar-refractivity contribution in [1.29, 1.82) is 0 Å². The van der Waals surface area contributed by atoms with E-state index < -0.39 is 86.8 Å². The largest absolute Gasteiger partial charge is 0.394 e. The first-order valence-electron chi connectivity index (χ1n) is 25.9. The van der Waals surface area contributed by atoms with Crippen molar-refractivity contribution in [3.05, 3.63) is 48.6 Å². The second kappa shape index (κ2) is 38.8. The normalized spacial score (nSPS) is 27.2. The van der Waals surface area contributed by atoms with Crippen LogP contribution in [-0.2, 0) is 23.7 Å². The van der Waals surface area contributed by atoms with Crippen LogP contribution in [0.1, 0.15) is 181 Å². The van der Waals surface area contributed by atoms with Gasteiger partial charge in [-0.2, -0.15) is 0 Å². The van der Waals surface area contributed by atoms with Crippen LogP contribution in [0.5, 0.6) is 0 Å². The number of aliphatic hydroxyl groups excluding tert-OH is 8. The van der Waals surface area contributed by atoms with Crippen molar-refractivity contribution in [2.75, 3.05) is 19.8 Å². The summed E-state index contributed by atoms with van der Waals surface area (Å²) in [6.45, 7) is 2.72. The summed E-state index contributed by atoms with van der Waals surface area (Å²) >= 11 is 0. The van der Waals surface area contributed by atoms with Gasteiger partial charge in [0, 0.05) is 6.42 Å². The van der Waals surface area contributed by atoms with E-state index in [2.05, 4.69) is 55.6 Å². The minimum Gasteiger partial charge on any atom is -0.394 e. The first-order chi connectivity index (χ1) is 32.1. The van der Waals surface area contributed by atoms with Gasteiger partial charge in [0.2, 0.25) is 5.91 Å². The van der Waals surface area contributed by atoms with Gasteiger partial charge in [-0.25, -0.2) is 0 Å². The summed E-state index contributed by atoms with van der Waals surface area (Å²) in [6, 6.07) is -0.939. The molecule has 2 heterocycles. The number of nitrogens with one attached hydrogen (secondary N) is 1. The van der Waals surface area contributed by atoms with Crippen molar-refractivity contribution in [3.63, 3.8) is 0 Å². The highest BCUT2D eigenvalue weighted by atomic mass is 16.7. The standard InChI is InChI=1S/C52H93NO13/c1-3-5-7-9-11-13-15-17-19-20-21-22-24-26-28-30-32-34-36-44(57)53-40(41(56)35-33-31-29-27-25-23-18-16-14-12-10-8-6-4-2)39-63-51-49(62)47(60)50(43(38-55)65-51)66-52-48(61)46(59)45(58)42(37-54)64-52/h14,16,19-20,25,27,33,35,40-43,45-52,54-56,58-62H,3-13,15,17-18,21-24,26,28-32,34,36-39H2,1-2H3,(H,53,57)/b16-14+,20-19-,27-25+,35-33+.